The summed E-state index contributed by atoms with van der Waals surface area (Å²) in [6.07, 6.45) is 0. The minimum absolute atomic E-state index is 0.245. The topological polar surface area (TPSA) is 55.4 Å². The smallest absolute Gasteiger partial charge is 0.328 e. The van der Waals surface area contributed by atoms with E-state index >= 15 is 0 Å². The van der Waals surface area contributed by atoms with Crippen LogP contribution in [-0.4, -0.2) is 24.5 Å². The molecule has 0 saturated heterocycles. The third-order valence-corrected chi connectivity index (χ3v) is 2.60. The van der Waals surface area contributed by atoms with Crippen LogP contribution in [0.2, 0.25) is 0 Å². The number of rotatable bonds is 4. The summed E-state index contributed by atoms with van der Waals surface area (Å²) < 4.78 is 4.77. The summed E-state index contributed by atoms with van der Waals surface area (Å²) in [6, 6.07) is 2.88. The molecule has 0 aliphatic rings. The first-order chi connectivity index (χ1) is 7.15. The maximum Gasteiger partial charge on any atom is 0.328 e. The molecule has 0 saturated carbocycles. The van der Waals surface area contributed by atoms with Crippen LogP contribution in [0, 0.1) is 0 Å². The standard InChI is InChI=1S/C10H13NO3S/c1-3-14-10(13)7(2)11-9(12)8-5-4-6-15-8/h4-7H,3H2,1-2H3,(H,11,12). The van der Waals surface area contributed by atoms with Gasteiger partial charge in [-0.2, -0.15) is 0 Å². The normalized spacial score (nSPS) is 11.9. The molecule has 0 fully saturated rings. The van der Waals surface area contributed by atoms with E-state index in [1.165, 1.54) is 11.3 Å². The van der Waals surface area contributed by atoms with Gasteiger partial charge in [-0.1, -0.05) is 6.07 Å². The monoisotopic (exact) mass is 227 g/mol. The molecule has 4 nitrogen and oxygen atoms in total. The van der Waals surface area contributed by atoms with Crippen LogP contribution in [0.1, 0.15) is 23.5 Å². The van der Waals surface area contributed by atoms with Crippen molar-refractivity contribution in [3.8, 4) is 0 Å². The Bertz CT molecular complexity index is 334. The van der Waals surface area contributed by atoms with Gasteiger partial charge in [-0.15, -0.1) is 11.3 Å². The fourth-order valence-corrected chi connectivity index (χ4v) is 1.63. The predicted octanol–water partition coefficient (Wildman–Crippen LogP) is 1.43. The summed E-state index contributed by atoms with van der Waals surface area (Å²) in [5.41, 5.74) is 0. The summed E-state index contributed by atoms with van der Waals surface area (Å²) in [4.78, 5) is 23.3. The van der Waals surface area contributed by atoms with Crippen molar-refractivity contribution in [2.75, 3.05) is 6.61 Å². The lowest BCUT2D eigenvalue weighted by Crippen LogP contribution is -2.39. The largest absolute Gasteiger partial charge is 0.464 e. The third kappa shape index (κ3) is 3.36. The lowest BCUT2D eigenvalue weighted by atomic mass is 10.3. The summed E-state index contributed by atoms with van der Waals surface area (Å²) >= 11 is 1.33. The van der Waals surface area contributed by atoms with Gasteiger partial charge in [0.25, 0.3) is 5.91 Å². The zero-order chi connectivity index (χ0) is 11.3. The van der Waals surface area contributed by atoms with Gasteiger partial charge >= 0.3 is 5.97 Å². The Morgan fingerprint density at radius 3 is 2.87 bits per heavy atom. The first-order valence-corrected chi connectivity index (χ1v) is 5.54. The molecule has 0 bridgehead atoms. The molecular weight excluding hydrogens is 214 g/mol. The van der Waals surface area contributed by atoms with E-state index in [1.807, 2.05) is 5.38 Å². The van der Waals surface area contributed by atoms with E-state index in [2.05, 4.69) is 5.32 Å². The minimum Gasteiger partial charge on any atom is -0.464 e. The molecule has 1 N–H and O–H groups in total. The van der Waals surface area contributed by atoms with Crippen LogP contribution in [0.3, 0.4) is 0 Å². The second-order valence-electron chi connectivity index (χ2n) is 2.92. The molecule has 1 unspecified atom stereocenters. The van der Waals surface area contributed by atoms with Crippen LogP contribution in [0.4, 0.5) is 0 Å². The van der Waals surface area contributed by atoms with E-state index in [4.69, 9.17) is 4.74 Å². The van der Waals surface area contributed by atoms with Crippen LogP contribution in [0.5, 0.6) is 0 Å². The number of ether oxygens (including phenoxy) is 1. The van der Waals surface area contributed by atoms with Gasteiger partial charge in [-0.3, -0.25) is 4.79 Å². The SMILES string of the molecule is CCOC(=O)C(C)NC(=O)c1cccs1. The Morgan fingerprint density at radius 2 is 2.33 bits per heavy atom. The molecule has 15 heavy (non-hydrogen) atoms. The molecule has 0 aliphatic carbocycles. The van der Waals surface area contributed by atoms with Gasteiger partial charge < -0.3 is 10.1 Å². The third-order valence-electron chi connectivity index (χ3n) is 1.73. The molecule has 1 heterocycles. The molecule has 0 aliphatic heterocycles. The zero-order valence-electron chi connectivity index (χ0n) is 8.65. The highest BCUT2D eigenvalue weighted by Gasteiger charge is 2.17. The first-order valence-electron chi connectivity index (χ1n) is 4.66. The van der Waals surface area contributed by atoms with Crippen LogP contribution in [0.25, 0.3) is 0 Å². The molecule has 1 atom stereocenters. The summed E-state index contributed by atoms with van der Waals surface area (Å²) in [5.74, 6) is -0.659. The maximum absolute atomic E-state index is 11.5. The second-order valence-corrected chi connectivity index (χ2v) is 3.87. The number of carbonyl (C=O) groups excluding carboxylic acids is 2. The number of carbonyl (C=O) groups is 2. The zero-order valence-corrected chi connectivity index (χ0v) is 9.47. The number of hydrogen-bond donors (Lipinski definition) is 1. The molecule has 1 aromatic rings. The van der Waals surface area contributed by atoms with E-state index in [0.717, 1.165) is 0 Å². The highest BCUT2D eigenvalue weighted by molar-refractivity contribution is 7.12. The number of esters is 1. The van der Waals surface area contributed by atoms with Crippen molar-refractivity contribution < 1.29 is 14.3 Å². The van der Waals surface area contributed by atoms with E-state index in [9.17, 15) is 9.59 Å². The Kier molecular flexibility index (Phi) is 4.30. The van der Waals surface area contributed by atoms with Crippen LogP contribution in [-0.2, 0) is 9.53 Å². The second kappa shape index (κ2) is 5.50. The van der Waals surface area contributed by atoms with Gasteiger partial charge in [-0.05, 0) is 25.3 Å². The molecule has 5 heteroatoms. The van der Waals surface area contributed by atoms with Gasteiger partial charge in [0.2, 0.25) is 0 Å². The van der Waals surface area contributed by atoms with Gasteiger partial charge in [-0.25, -0.2) is 4.79 Å². The number of thiophene rings is 1. The van der Waals surface area contributed by atoms with E-state index in [1.54, 1.807) is 26.0 Å². The van der Waals surface area contributed by atoms with E-state index in [-0.39, 0.29) is 5.91 Å². The van der Waals surface area contributed by atoms with Gasteiger partial charge in [0, 0.05) is 0 Å². The maximum atomic E-state index is 11.5. The van der Waals surface area contributed by atoms with Crippen molar-refractivity contribution in [2.45, 2.75) is 19.9 Å². The van der Waals surface area contributed by atoms with Gasteiger partial charge in [0.1, 0.15) is 6.04 Å². The van der Waals surface area contributed by atoms with Crippen LogP contribution >= 0.6 is 11.3 Å². The summed E-state index contributed by atoms with van der Waals surface area (Å²) in [7, 11) is 0. The Morgan fingerprint density at radius 1 is 1.60 bits per heavy atom. The average molecular weight is 227 g/mol. The van der Waals surface area contributed by atoms with E-state index in [0.29, 0.717) is 11.5 Å². The average Bonchev–Trinajstić information content (AvgIpc) is 2.70. The molecule has 0 spiro atoms. The lowest BCUT2D eigenvalue weighted by molar-refractivity contribution is -0.144. The quantitative estimate of drug-likeness (QED) is 0.792. The molecule has 82 valence electrons. The molecule has 0 aromatic carbocycles. The fraction of sp³-hybridized carbons (Fsp3) is 0.400. The molecule has 1 rings (SSSR count). The van der Waals surface area contributed by atoms with Crippen molar-refractivity contribution in [3.63, 3.8) is 0 Å². The Labute approximate surface area is 92.2 Å². The highest BCUT2D eigenvalue weighted by atomic mass is 32.1. The molecule has 1 amide bonds. The van der Waals surface area contributed by atoms with E-state index < -0.39 is 12.0 Å². The molecule has 1 aromatic heterocycles. The summed E-state index contributed by atoms with van der Waals surface area (Å²) in [6.45, 7) is 3.65. The van der Waals surface area contributed by atoms with Crippen molar-refractivity contribution >= 4 is 23.2 Å². The number of amides is 1. The van der Waals surface area contributed by atoms with Crippen molar-refractivity contribution in [1.29, 1.82) is 0 Å². The summed E-state index contributed by atoms with van der Waals surface area (Å²) in [5, 5.41) is 4.37. The van der Waals surface area contributed by atoms with Crippen LogP contribution in [0.15, 0.2) is 17.5 Å². The van der Waals surface area contributed by atoms with Crippen molar-refractivity contribution in [1.82, 2.24) is 5.32 Å². The molecule has 0 radical (unpaired) electrons. The van der Waals surface area contributed by atoms with Crippen LogP contribution < -0.4 is 5.32 Å². The van der Waals surface area contributed by atoms with Gasteiger partial charge in [0.05, 0.1) is 11.5 Å². The van der Waals surface area contributed by atoms with Gasteiger partial charge in [0.15, 0.2) is 0 Å². The molecular formula is C10H13NO3S. The Hall–Kier alpha value is -1.36. The minimum atomic E-state index is -0.612. The predicted molar refractivity (Wildman–Crippen MR) is 57.9 cm³/mol. The number of nitrogens with one attached hydrogen (secondary N) is 1. The fourth-order valence-electron chi connectivity index (χ4n) is 1.00. The highest BCUT2D eigenvalue weighted by Crippen LogP contribution is 2.08. The van der Waals surface area contributed by atoms with Crippen molar-refractivity contribution in [3.05, 3.63) is 22.4 Å². The first kappa shape index (κ1) is 11.7. The Balaban J connectivity index is 2.48. The lowest BCUT2D eigenvalue weighted by Gasteiger charge is -2.11. The van der Waals surface area contributed by atoms with Crippen molar-refractivity contribution in [2.24, 2.45) is 0 Å². The number of hydrogen-bond acceptors (Lipinski definition) is 4.